The molecule has 1 unspecified atom stereocenters. The Balaban J connectivity index is -0.000000405. The molecule has 0 spiro atoms. The van der Waals surface area contributed by atoms with Crippen LogP contribution in [0.2, 0.25) is 0 Å². The average molecular weight is 213 g/mol. The van der Waals surface area contributed by atoms with Crippen LogP contribution in [0.3, 0.4) is 0 Å². The molecule has 0 fully saturated rings. The van der Waals surface area contributed by atoms with Gasteiger partial charge >= 0.3 is 66.7 Å². The maximum atomic E-state index is 10.5. The predicted molar refractivity (Wildman–Crippen MR) is 31.3 cm³/mol. The summed E-state index contributed by atoms with van der Waals surface area (Å²) in [6.45, 7) is 1.51. The summed E-state index contributed by atoms with van der Waals surface area (Å²) in [5.74, 6) is -1.58. The molecule has 5 nitrogen and oxygen atoms in total. The van der Waals surface area contributed by atoms with Gasteiger partial charge in [-0.3, -0.25) is 4.57 Å². The van der Waals surface area contributed by atoms with E-state index < -0.39 is 19.7 Å². The molecule has 1 N–H and O–H groups in total. The van der Waals surface area contributed by atoms with Crippen molar-refractivity contribution in [1.29, 1.82) is 0 Å². The summed E-state index contributed by atoms with van der Waals surface area (Å²) in [6.07, 6.45) is -0.944. The van der Waals surface area contributed by atoms with Gasteiger partial charge in [-0.2, -0.15) is 0 Å². The molecule has 60 valence electrons. The van der Waals surface area contributed by atoms with E-state index >= 15 is 0 Å². The van der Waals surface area contributed by atoms with Gasteiger partial charge in [-0.15, -0.1) is 0 Å². The maximum Gasteiger partial charge on any atom is 1.00 e. The first kappa shape index (κ1) is 19.2. The van der Waals surface area contributed by atoms with Crippen LogP contribution < -0.4 is 64.2 Å². The fourth-order valence-corrected chi connectivity index (χ4v) is 1.23. The third-order valence-corrected chi connectivity index (χ3v) is 1.98. The maximum absolute atomic E-state index is 10.5. The quantitative estimate of drug-likeness (QED) is 0.370. The van der Waals surface area contributed by atoms with Gasteiger partial charge in [0.15, 0.2) is 0 Å². The molecular formula is C4H8Na2O5P+. The van der Waals surface area contributed by atoms with Gasteiger partial charge in [0.25, 0.3) is 0 Å². The molecule has 0 bridgehead atoms. The van der Waals surface area contributed by atoms with Gasteiger partial charge in [-0.1, -0.05) is 0 Å². The van der Waals surface area contributed by atoms with Crippen LogP contribution in [0.5, 0.6) is 0 Å². The number of carbonyl (C=O) groups is 1. The van der Waals surface area contributed by atoms with Crippen molar-refractivity contribution in [3.05, 3.63) is 0 Å². The molecule has 12 heavy (non-hydrogen) atoms. The summed E-state index contributed by atoms with van der Waals surface area (Å²) < 4.78 is 14.8. The number of rotatable bonds is 4. The Kier molecular flexibility index (Phi) is 14.7. The third-order valence-electron chi connectivity index (χ3n) is 0.660. The Bertz CT molecular complexity index is 173. The molecule has 0 aliphatic carbocycles. The van der Waals surface area contributed by atoms with Gasteiger partial charge in [0, 0.05) is 0 Å². The van der Waals surface area contributed by atoms with Crippen LogP contribution in [0.15, 0.2) is 0 Å². The van der Waals surface area contributed by atoms with Gasteiger partial charge in [0.05, 0.1) is 18.7 Å². The Hall–Kier alpha value is 1.62. The van der Waals surface area contributed by atoms with Gasteiger partial charge in [0.1, 0.15) is 0 Å². The van der Waals surface area contributed by atoms with Crippen molar-refractivity contribution in [3.8, 4) is 0 Å². The van der Waals surface area contributed by atoms with E-state index in [1.54, 1.807) is 0 Å². The Morgan fingerprint density at radius 3 is 2.25 bits per heavy atom. The van der Waals surface area contributed by atoms with E-state index in [4.69, 9.17) is 4.89 Å². The predicted octanol–water partition coefficient (Wildman–Crippen LogP) is -7.03. The number of carboxylic acids is 1. The minimum atomic E-state index is -3.91. The van der Waals surface area contributed by atoms with Crippen molar-refractivity contribution < 1.29 is 83.0 Å². The number of hydrogen-bond donors (Lipinski definition) is 1. The first-order valence-corrected chi connectivity index (χ1v) is 4.40. The summed E-state index contributed by atoms with van der Waals surface area (Å²) in [6, 6.07) is 0. The number of aliphatic carboxylic acids is 1. The zero-order valence-electron chi connectivity index (χ0n) is 7.44. The van der Waals surface area contributed by atoms with Gasteiger partial charge in [0.2, 0.25) is 0 Å². The molecule has 0 saturated heterocycles. The second-order valence-corrected chi connectivity index (χ2v) is 3.43. The molecule has 0 aliphatic heterocycles. The Morgan fingerprint density at radius 2 is 2.00 bits per heavy atom. The van der Waals surface area contributed by atoms with E-state index in [2.05, 4.69) is 4.52 Å². The first-order valence-electron chi connectivity index (χ1n) is 2.64. The van der Waals surface area contributed by atoms with E-state index in [0.29, 0.717) is 0 Å². The summed E-state index contributed by atoms with van der Waals surface area (Å²) >= 11 is 0. The number of carbonyl (C=O) groups excluding carboxylic acids is 1. The summed E-state index contributed by atoms with van der Waals surface area (Å²) in [5, 5.41) is 9.77. The summed E-state index contributed by atoms with van der Waals surface area (Å²) in [7, 11) is -3.91. The zero-order chi connectivity index (χ0) is 8.20. The minimum absolute atomic E-state index is 0. The largest absolute Gasteiger partial charge is 1.00 e. The summed E-state index contributed by atoms with van der Waals surface area (Å²) in [4.78, 5) is 18.4. The topological polar surface area (TPSA) is 86.7 Å². The second-order valence-electron chi connectivity index (χ2n) is 1.59. The standard InChI is InChI=1S/C4H9O5P.2Na/c1-2-9-10(7,8)3-4(5)6;;/h2-3H2,1H3,(H,5,6)(H,7,8);;/q;2*+1/p-1. The molecule has 0 radical (unpaired) electrons. The number of carboxylic acid groups (broad SMARTS) is 1. The minimum Gasteiger partial charge on any atom is -0.549 e. The molecule has 0 aliphatic rings. The SMILES string of the molecule is CCOP(=O)(O)CC(=O)[O-].[Na+].[Na+]. The molecule has 0 rings (SSSR count). The molecular weight excluding hydrogens is 205 g/mol. The molecule has 0 aromatic rings. The Labute approximate surface area is 115 Å². The van der Waals surface area contributed by atoms with Crippen LogP contribution in [0.1, 0.15) is 6.92 Å². The van der Waals surface area contributed by atoms with Crippen LogP contribution in [0, 0.1) is 0 Å². The van der Waals surface area contributed by atoms with Crippen LogP contribution >= 0.6 is 7.60 Å². The first-order chi connectivity index (χ1) is 4.48. The Morgan fingerprint density at radius 1 is 1.58 bits per heavy atom. The van der Waals surface area contributed by atoms with Gasteiger partial charge in [-0.25, -0.2) is 0 Å². The van der Waals surface area contributed by atoms with Crippen LogP contribution in [-0.2, 0) is 13.9 Å². The van der Waals surface area contributed by atoms with Gasteiger partial charge < -0.3 is 19.3 Å². The van der Waals surface area contributed by atoms with Gasteiger partial charge in [-0.05, 0) is 6.92 Å². The van der Waals surface area contributed by atoms with Crippen LogP contribution in [0.25, 0.3) is 0 Å². The van der Waals surface area contributed by atoms with E-state index in [-0.39, 0.29) is 65.7 Å². The molecule has 1 atom stereocenters. The molecule has 0 aromatic carbocycles. The molecule has 0 aromatic heterocycles. The van der Waals surface area contributed by atoms with Crippen molar-refractivity contribution in [2.75, 3.05) is 12.8 Å². The van der Waals surface area contributed by atoms with Crippen molar-refractivity contribution in [2.45, 2.75) is 6.92 Å². The van der Waals surface area contributed by atoms with E-state index in [1.807, 2.05) is 0 Å². The van der Waals surface area contributed by atoms with Crippen LogP contribution in [-0.4, -0.2) is 23.6 Å². The summed E-state index contributed by atoms with van der Waals surface area (Å²) in [5.41, 5.74) is 0. The smallest absolute Gasteiger partial charge is 0.549 e. The number of hydrogen-bond acceptors (Lipinski definition) is 4. The van der Waals surface area contributed by atoms with Crippen molar-refractivity contribution in [1.82, 2.24) is 0 Å². The second kappa shape index (κ2) is 9.19. The monoisotopic (exact) mass is 213 g/mol. The molecule has 0 saturated carbocycles. The fourth-order valence-electron chi connectivity index (χ4n) is 0.411. The van der Waals surface area contributed by atoms with Crippen molar-refractivity contribution in [3.63, 3.8) is 0 Å². The zero-order valence-corrected chi connectivity index (χ0v) is 12.3. The van der Waals surface area contributed by atoms with E-state index in [9.17, 15) is 14.5 Å². The third kappa shape index (κ3) is 11.6. The van der Waals surface area contributed by atoms with E-state index in [1.165, 1.54) is 6.92 Å². The van der Waals surface area contributed by atoms with Crippen LogP contribution in [0.4, 0.5) is 0 Å². The van der Waals surface area contributed by atoms with Crippen molar-refractivity contribution in [2.24, 2.45) is 0 Å². The van der Waals surface area contributed by atoms with Crippen molar-refractivity contribution >= 4 is 13.6 Å². The van der Waals surface area contributed by atoms with E-state index in [0.717, 1.165) is 0 Å². The molecule has 8 heteroatoms. The molecule has 0 amide bonds. The average Bonchev–Trinajstić information content (AvgIpc) is 1.59. The fraction of sp³-hybridized carbons (Fsp3) is 0.750. The normalized spacial score (nSPS) is 13.5. The molecule has 0 heterocycles.